The van der Waals surface area contributed by atoms with E-state index >= 15 is 0 Å². The summed E-state index contributed by atoms with van der Waals surface area (Å²) in [5.74, 6) is 0.573. The van der Waals surface area contributed by atoms with E-state index in [0.717, 1.165) is 15.8 Å². The topological polar surface area (TPSA) is 36.9 Å². The van der Waals surface area contributed by atoms with Crippen LogP contribution in [0.1, 0.15) is 12.5 Å². The second-order valence-corrected chi connectivity index (χ2v) is 6.93. The third-order valence-corrected chi connectivity index (χ3v) is 4.69. The summed E-state index contributed by atoms with van der Waals surface area (Å²) in [5.41, 5.74) is 0.847. The van der Waals surface area contributed by atoms with E-state index in [9.17, 15) is 0 Å². The van der Waals surface area contributed by atoms with Crippen molar-refractivity contribution >= 4 is 27.5 Å². The molecule has 0 bridgehead atoms. The van der Waals surface area contributed by atoms with Crippen LogP contribution in [0.15, 0.2) is 46.9 Å². The summed E-state index contributed by atoms with van der Waals surface area (Å²) in [6.07, 6.45) is -0.153. The molecule has 0 amide bonds. The second kappa shape index (κ2) is 7.31. The monoisotopic (exact) mass is 412 g/mol. The Bertz CT molecular complexity index is 707. The summed E-state index contributed by atoms with van der Waals surface area (Å²) in [4.78, 5) is 0. The predicted octanol–water partition coefficient (Wildman–Crippen LogP) is 4.78. The molecule has 0 aliphatic carbocycles. The van der Waals surface area contributed by atoms with Gasteiger partial charge in [0.15, 0.2) is 5.79 Å². The molecule has 0 unspecified atom stereocenters. The molecule has 0 saturated carbocycles. The lowest BCUT2D eigenvalue weighted by molar-refractivity contribution is -0.164. The maximum Gasteiger partial charge on any atom is 0.192 e. The van der Waals surface area contributed by atoms with Crippen LogP contribution >= 0.6 is 27.5 Å². The Morgan fingerprint density at radius 2 is 2.00 bits per heavy atom. The van der Waals surface area contributed by atoms with Crippen LogP contribution in [-0.2, 0) is 15.3 Å². The molecule has 1 aliphatic rings. The molecule has 0 spiro atoms. The molecule has 0 radical (unpaired) electrons. The fourth-order valence-corrected chi connectivity index (χ4v) is 3.06. The zero-order valence-electron chi connectivity index (χ0n) is 13.4. The molecule has 24 heavy (non-hydrogen) atoms. The zero-order chi connectivity index (χ0) is 17.2. The van der Waals surface area contributed by atoms with Gasteiger partial charge in [0.25, 0.3) is 0 Å². The van der Waals surface area contributed by atoms with Crippen LogP contribution in [-0.4, -0.2) is 26.4 Å². The molecule has 3 rings (SSSR count). The molecule has 0 aromatic heterocycles. The van der Waals surface area contributed by atoms with Crippen LogP contribution in [0.3, 0.4) is 0 Å². The highest BCUT2D eigenvalue weighted by Crippen LogP contribution is 2.37. The standard InChI is InChI=1S/C18H18BrClO4/c1-18(12-3-8-17(21-2)16(20)9-12)23-11-15(24-18)10-22-14-6-4-13(19)5-7-14/h3-9,15H,10-11H2,1-2H3/t15-,18+/m1/s1. The second-order valence-electron chi connectivity index (χ2n) is 5.61. The Morgan fingerprint density at radius 3 is 2.67 bits per heavy atom. The van der Waals surface area contributed by atoms with Gasteiger partial charge in [0.05, 0.1) is 18.7 Å². The van der Waals surface area contributed by atoms with Crippen LogP contribution < -0.4 is 9.47 Å². The largest absolute Gasteiger partial charge is 0.495 e. The average molecular weight is 414 g/mol. The number of hydrogen-bond acceptors (Lipinski definition) is 4. The number of rotatable bonds is 5. The van der Waals surface area contributed by atoms with Crippen LogP contribution in [0.5, 0.6) is 11.5 Å². The van der Waals surface area contributed by atoms with Crippen molar-refractivity contribution in [1.29, 1.82) is 0 Å². The van der Waals surface area contributed by atoms with Crippen molar-refractivity contribution in [2.24, 2.45) is 0 Å². The maximum absolute atomic E-state index is 6.20. The normalized spacial score (nSPS) is 23.2. The number of methoxy groups -OCH3 is 1. The van der Waals surface area contributed by atoms with E-state index in [4.69, 9.17) is 30.5 Å². The molecule has 0 N–H and O–H groups in total. The molecule has 1 fully saturated rings. The lowest BCUT2D eigenvalue weighted by Gasteiger charge is -2.24. The Balaban J connectivity index is 1.63. The quantitative estimate of drug-likeness (QED) is 0.707. The third kappa shape index (κ3) is 3.86. The smallest absolute Gasteiger partial charge is 0.192 e. The van der Waals surface area contributed by atoms with E-state index in [-0.39, 0.29) is 6.10 Å². The van der Waals surface area contributed by atoms with Gasteiger partial charge in [0.2, 0.25) is 0 Å². The molecular formula is C18H18BrClO4. The molecule has 6 heteroatoms. The Kier molecular flexibility index (Phi) is 5.35. The average Bonchev–Trinajstić information content (AvgIpc) is 2.97. The number of ether oxygens (including phenoxy) is 4. The fraction of sp³-hybridized carbons (Fsp3) is 0.333. The number of halogens is 2. The SMILES string of the molecule is COc1ccc([C@@]2(C)OC[C@@H](COc3ccc(Br)cc3)O2)cc1Cl. The Morgan fingerprint density at radius 1 is 1.25 bits per heavy atom. The van der Waals surface area contributed by atoms with Crippen LogP contribution in [0, 0.1) is 0 Å². The van der Waals surface area contributed by atoms with E-state index in [1.165, 1.54) is 0 Å². The number of benzene rings is 2. The van der Waals surface area contributed by atoms with Gasteiger partial charge in [-0.05, 0) is 49.4 Å². The predicted molar refractivity (Wildman–Crippen MR) is 95.8 cm³/mol. The van der Waals surface area contributed by atoms with Crippen molar-refractivity contribution in [2.75, 3.05) is 20.3 Å². The first-order valence-corrected chi connectivity index (χ1v) is 8.71. The van der Waals surface area contributed by atoms with Gasteiger partial charge in [-0.3, -0.25) is 0 Å². The molecule has 128 valence electrons. The summed E-state index contributed by atoms with van der Waals surface area (Å²) >= 11 is 9.60. The lowest BCUT2D eigenvalue weighted by Crippen LogP contribution is -2.26. The van der Waals surface area contributed by atoms with Crippen molar-refractivity contribution < 1.29 is 18.9 Å². The Hall–Kier alpha value is -1.27. The first-order valence-electron chi connectivity index (χ1n) is 7.54. The molecule has 2 aromatic rings. The minimum atomic E-state index is -0.844. The van der Waals surface area contributed by atoms with E-state index in [1.807, 2.05) is 37.3 Å². The van der Waals surface area contributed by atoms with Gasteiger partial charge in [0, 0.05) is 10.0 Å². The van der Waals surface area contributed by atoms with Crippen molar-refractivity contribution in [1.82, 2.24) is 0 Å². The molecule has 2 atom stereocenters. The van der Waals surface area contributed by atoms with Crippen LogP contribution in [0.4, 0.5) is 0 Å². The molecule has 1 heterocycles. The van der Waals surface area contributed by atoms with Crippen molar-refractivity contribution in [3.63, 3.8) is 0 Å². The van der Waals surface area contributed by atoms with Crippen molar-refractivity contribution in [2.45, 2.75) is 18.8 Å². The van der Waals surface area contributed by atoms with Crippen LogP contribution in [0.2, 0.25) is 5.02 Å². The van der Waals surface area contributed by atoms with E-state index in [0.29, 0.717) is 24.0 Å². The highest BCUT2D eigenvalue weighted by Gasteiger charge is 2.39. The summed E-state index contributed by atoms with van der Waals surface area (Å²) in [6, 6.07) is 13.2. The molecule has 4 nitrogen and oxygen atoms in total. The molecule has 2 aromatic carbocycles. The van der Waals surface area contributed by atoms with Gasteiger partial charge in [-0.15, -0.1) is 0 Å². The highest BCUT2D eigenvalue weighted by molar-refractivity contribution is 9.10. The van der Waals surface area contributed by atoms with Gasteiger partial charge in [-0.1, -0.05) is 27.5 Å². The van der Waals surface area contributed by atoms with Crippen LogP contribution in [0.25, 0.3) is 0 Å². The maximum atomic E-state index is 6.20. The van der Waals surface area contributed by atoms with E-state index in [1.54, 1.807) is 19.2 Å². The Labute approximate surface area is 154 Å². The van der Waals surface area contributed by atoms with Gasteiger partial charge < -0.3 is 18.9 Å². The van der Waals surface area contributed by atoms with E-state index < -0.39 is 5.79 Å². The third-order valence-electron chi connectivity index (χ3n) is 3.86. The van der Waals surface area contributed by atoms with Crippen molar-refractivity contribution in [3.05, 3.63) is 57.5 Å². The number of hydrogen-bond donors (Lipinski definition) is 0. The van der Waals surface area contributed by atoms with E-state index in [2.05, 4.69) is 15.9 Å². The molecular weight excluding hydrogens is 396 g/mol. The first-order chi connectivity index (χ1) is 11.5. The van der Waals surface area contributed by atoms with Gasteiger partial charge in [0.1, 0.15) is 24.2 Å². The minimum absolute atomic E-state index is 0.153. The van der Waals surface area contributed by atoms with Crippen molar-refractivity contribution in [3.8, 4) is 11.5 Å². The summed E-state index contributed by atoms with van der Waals surface area (Å²) < 4.78 is 23.9. The molecule has 1 saturated heterocycles. The molecule has 1 aliphatic heterocycles. The van der Waals surface area contributed by atoms with Gasteiger partial charge >= 0.3 is 0 Å². The summed E-state index contributed by atoms with van der Waals surface area (Å²) in [7, 11) is 1.58. The fourth-order valence-electron chi connectivity index (χ4n) is 2.54. The first kappa shape index (κ1) is 17.5. The van der Waals surface area contributed by atoms with Gasteiger partial charge in [-0.2, -0.15) is 0 Å². The summed E-state index contributed by atoms with van der Waals surface area (Å²) in [6.45, 7) is 2.75. The zero-order valence-corrected chi connectivity index (χ0v) is 15.8. The highest BCUT2D eigenvalue weighted by atomic mass is 79.9. The minimum Gasteiger partial charge on any atom is -0.495 e. The van der Waals surface area contributed by atoms with Gasteiger partial charge in [-0.25, -0.2) is 0 Å². The lowest BCUT2D eigenvalue weighted by atomic mass is 10.1. The summed E-state index contributed by atoms with van der Waals surface area (Å²) in [5, 5.41) is 0.526.